The van der Waals surface area contributed by atoms with E-state index in [-0.39, 0.29) is 5.41 Å². The van der Waals surface area contributed by atoms with Gasteiger partial charge >= 0.3 is 0 Å². The molecule has 2 fully saturated rings. The zero-order chi connectivity index (χ0) is 13.9. The average Bonchev–Trinajstić information content (AvgIpc) is 2.34. The maximum atomic E-state index is 9.83. The van der Waals surface area contributed by atoms with E-state index in [1.165, 1.54) is 51.4 Å². The van der Waals surface area contributed by atoms with Gasteiger partial charge in [-0.25, -0.2) is 0 Å². The molecule has 0 amide bonds. The van der Waals surface area contributed by atoms with E-state index >= 15 is 0 Å². The SMILES string of the molecule is CN(CC1(CO)CCCCC1)CC1(N(C)C)CCC1. The Morgan fingerprint density at radius 1 is 0.842 bits per heavy atom. The molecular weight excluding hydrogens is 236 g/mol. The highest BCUT2D eigenvalue weighted by Crippen LogP contribution is 2.39. The Kier molecular flexibility index (Phi) is 4.91. The highest BCUT2D eigenvalue weighted by Gasteiger charge is 2.41. The van der Waals surface area contributed by atoms with E-state index < -0.39 is 0 Å². The van der Waals surface area contributed by atoms with Gasteiger partial charge in [0.2, 0.25) is 0 Å². The molecule has 3 heteroatoms. The van der Waals surface area contributed by atoms with E-state index in [0.717, 1.165) is 13.1 Å². The van der Waals surface area contributed by atoms with Crippen molar-refractivity contribution in [1.82, 2.24) is 9.80 Å². The minimum absolute atomic E-state index is 0.185. The largest absolute Gasteiger partial charge is 0.396 e. The minimum Gasteiger partial charge on any atom is -0.396 e. The third-order valence-electron chi connectivity index (χ3n) is 5.65. The van der Waals surface area contributed by atoms with E-state index in [0.29, 0.717) is 12.1 Å². The normalized spacial score (nSPS) is 25.6. The summed E-state index contributed by atoms with van der Waals surface area (Å²) in [6.45, 7) is 2.59. The zero-order valence-electron chi connectivity index (χ0n) is 13.1. The lowest BCUT2D eigenvalue weighted by Crippen LogP contribution is -2.58. The summed E-state index contributed by atoms with van der Waals surface area (Å²) in [5, 5.41) is 9.83. The summed E-state index contributed by atoms with van der Waals surface area (Å²) in [7, 11) is 6.68. The van der Waals surface area contributed by atoms with E-state index in [1.807, 2.05) is 0 Å². The maximum Gasteiger partial charge on any atom is 0.0499 e. The van der Waals surface area contributed by atoms with E-state index in [9.17, 15) is 5.11 Å². The summed E-state index contributed by atoms with van der Waals surface area (Å²) in [6, 6.07) is 0. The number of hydrogen-bond acceptors (Lipinski definition) is 3. The van der Waals surface area contributed by atoms with Crippen LogP contribution in [0, 0.1) is 5.41 Å². The lowest BCUT2D eigenvalue weighted by molar-refractivity contribution is -0.00406. The second-order valence-corrected chi connectivity index (χ2v) is 7.36. The van der Waals surface area contributed by atoms with Gasteiger partial charge in [-0.05, 0) is 53.2 Å². The second-order valence-electron chi connectivity index (χ2n) is 7.36. The van der Waals surface area contributed by atoms with Crippen LogP contribution in [0.5, 0.6) is 0 Å². The fourth-order valence-electron chi connectivity index (χ4n) is 4.13. The third-order valence-corrected chi connectivity index (χ3v) is 5.65. The van der Waals surface area contributed by atoms with Crippen LogP contribution in [0.15, 0.2) is 0 Å². The first-order chi connectivity index (χ1) is 9.02. The van der Waals surface area contributed by atoms with Gasteiger partial charge in [-0.15, -0.1) is 0 Å². The van der Waals surface area contributed by atoms with Crippen molar-refractivity contribution in [2.45, 2.75) is 56.9 Å². The van der Waals surface area contributed by atoms with Crippen molar-refractivity contribution >= 4 is 0 Å². The van der Waals surface area contributed by atoms with Crippen molar-refractivity contribution in [2.75, 3.05) is 40.8 Å². The van der Waals surface area contributed by atoms with Crippen LogP contribution in [0.4, 0.5) is 0 Å². The zero-order valence-corrected chi connectivity index (χ0v) is 13.1. The first-order valence-electron chi connectivity index (χ1n) is 7.99. The molecule has 19 heavy (non-hydrogen) atoms. The second kappa shape index (κ2) is 6.11. The van der Waals surface area contributed by atoms with Crippen molar-refractivity contribution in [3.8, 4) is 0 Å². The monoisotopic (exact) mass is 268 g/mol. The fraction of sp³-hybridized carbons (Fsp3) is 1.00. The summed E-state index contributed by atoms with van der Waals surface area (Å²) in [4.78, 5) is 4.90. The summed E-state index contributed by atoms with van der Waals surface area (Å²) in [5.74, 6) is 0. The Hall–Kier alpha value is -0.120. The standard InChI is InChI=1S/C16H32N2O/c1-17(2)16(10-7-11-16)13-18(3)12-15(14-19)8-5-4-6-9-15/h19H,4-14H2,1-3H3. The van der Waals surface area contributed by atoms with Crippen LogP contribution in [0.3, 0.4) is 0 Å². The molecule has 0 unspecified atom stereocenters. The number of likely N-dealkylation sites (N-methyl/N-ethyl adjacent to an activating group) is 2. The van der Waals surface area contributed by atoms with Crippen LogP contribution in [0.1, 0.15) is 51.4 Å². The molecule has 2 aliphatic carbocycles. The van der Waals surface area contributed by atoms with Crippen LogP contribution in [0.2, 0.25) is 0 Å². The predicted molar refractivity (Wildman–Crippen MR) is 80.4 cm³/mol. The Morgan fingerprint density at radius 3 is 1.89 bits per heavy atom. The van der Waals surface area contributed by atoms with Gasteiger partial charge in [0.25, 0.3) is 0 Å². The van der Waals surface area contributed by atoms with Crippen LogP contribution in [0.25, 0.3) is 0 Å². The lowest BCUT2D eigenvalue weighted by atomic mass is 9.72. The number of rotatable bonds is 6. The molecule has 2 rings (SSSR count). The molecule has 0 saturated heterocycles. The van der Waals surface area contributed by atoms with Gasteiger partial charge in [-0.1, -0.05) is 19.3 Å². The summed E-state index contributed by atoms with van der Waals surface area (Å²) < 4.78 is 0. The van der Waals surface area contributed by atoms with Crippen molar-refractivity contribution in [3.05, 3.63) is 0 Å². The van der Waals surface area contributed by atoms with E-state index in [4.69, 9.17) is 0 Å². The molecule has 0 aromatic heterocycles. The molecule has 0 aromatic carbocycles. The molecule has 112 valence electrons. The van der Waals surface area contributed by atoms with Crippen LogP contribution in [-0.4, -0.2) is 61.3 Å². The molecule has 0 atom stereocenters. The molecule has 3 nitrogen and oxygen atoms in total. The number of nitrogens with zero attached hydrogens (tertiary/aromatic N) is 2. The number of hydrogen-bond donors (Lipinski definition) is 1. The summed E-state index contributed by atoms with van der Waals surface area (Å²) in [6.07, 6.45) is 10.4. The molecule has 0 aliphatic heterocycles. The molecule has 0 bridgehead atoms. The molecule has 1 N–H and O–H groups in total. The van der Waals surface area contributed by atoms with Crippen molar-refractivity contribution in [3.63, 3.8) is 0 Å². The minimum atomic E-state index is 0.185. The van der Waals surface area contributed by atoms with Gasteiger partial charge in [-0.3, -0.25) is 0 Å². The molecule has 0 spiro atoms. The van der Waals surface area contributed by atoms with E-state index in [2.05, 4.69) is 30.9 Å². The molecule has 2 aliphatic rings. The van der Waals surface area contributed by atoms with Gasteiger partial charge in [0.1, 0.15) is 0 Å². The number of aliphatic hydroxyl groups excluding tert-OH is 1. The predicted octanol–water partition coefficient (Wildman–Crippen LogP) is 2.35. The summed E-state index contributed by atoms with van der Waals surface area (Å²) >= 11 is 0. The van der Waals surface area contributed by atoms with Crippen LogP contribution < -0.4 is 0 Å². The molecule has 0 radical (unpaired) electrons. The molecule has 0 aromatic rings. The van der Waals surface area contributed by atoms with Crippen LogP contribution >= 0.6 is 0 Å². The summed E-state index contributed by atoms with van der Waals surface area (Å²) in [5.41, 5.74) is 0.588. The fourth-order valence-corrected chi connectivity index (χ4v) is 4.13. The topological polar surface area (TPSA) is 26.7 Å². The Bertz CT molecular complexity index is 280. The quantitative estimate of drug-likeness (QED) is 0.801. The Morgan fingerprint density at radius 2 is 1.47 bits per heavy atom. The smallest absolute Gasteiger partial charge is 0.0499 e. The first kappa shape index (κ1) is 15.3. The molecular formula is C16H32N2O. The highest BCUT2D eigenvalue weighted by molar-refractivity contribution is 4.98. The average molecular weight is 268 g/mol. The Labute approximate surface area is 119 Å². The van der Waals surface area contributed by atoms with E-state index in [1.54, 1.807) is 0 Å². The van der Waals surface area contributed by atoms with Gasteiger partial charge in [0, 0.05) is 30.7 Å². The maximum absolute atomic E-state index is 9.83. The Balaban J connectivity index is 1.90. The molecule has 0 heterocycles. The van der Waals surface area contributed by atoms with Gasteiger partial charge < -0.3 is 14.9 Å². The van der Waals surface area contributed by atoms with Gasteiger partial charge in [0.15, 0.2) is 0 Å². The molecule has 2 saturated carbocycles. The van der Waals surface area contributed by atoms with Crippen molar-refractivity contribution in [2.24, 2.45) is 5.41 Å². The number of aliphatic hydroxyl groups is 1. The van der Waals surface area contributed by atoms with Crippen molar-refractivity contribution in [1.29, 1.82) is 0 Å². The third kappa shape index (κ3) is 3.32. The lowest BCUT2D eigenvalue weighted by Gasteiger charge is -2.50. The van der Waals surface area contributed by atoms with Gasteiger partial charge in [0.05, 0.1) is 0 Å². The van der Waals surface area contributed by atoms with Gasteiger partial charge in [-0.2, -0.15) is 0 Å². The first-order valence-corrected chi connectivity index (χ1v) is 7.99. The van der Waals surface area contributed by atoms with Crippen LogP contribution in [-0.2, 0) is 0 Å². The highest BCUT2D eigenvalue weighted by atomic mass is 16.3. The van der Waals surface area contributed by atoms with Crippen molar-refractivity contribution < 1.29 is 5.11 Å².